The Morgan fingerprint density at radius 1 is 1.62 bits per heavy atom. The highest BCUT2D eigenvalue weighted by Gasteiger charge is 2.08. The lowest BCUT2D eigenvalue weighted by molar-refractivity contribution is -0.115. The molecule has 0 saturated heterocycles. The lowest BCUT2D eigenvalue weighted by Crippen LogP contribution is -2.22. The molecule has 0 saturated carbocycles. The van der Waals surface area contributed by atoms with Gasteiger partial charge < -0.3 is 16.3 Å². The van der Waals surface area contributed by atoms with Gasteiger partial charge in [-0.3, -0.25) is 4.79 Å². The number of carbonyl (C=O) groups excluding carboxylic acids is 1. The van der Waals surface area contributed by atoms with E-state index in [4.69, 9.17) is 10.9 Å². The van der Waals surface area contributed by atoms with Crippen LogP contribution in [-0.4, -0.2) is 17.0 Å². The fraction of sp³-hybridized carbons (Fsp3) is 0.200. The van der Waals surface area contributed by atoms with Gasteiger partial charge >= 0.3 is 0 Å². The van der Waals surface area contributed by atoms with E-state index in [1.165, 1.54) is 0 Å². The molecule has 0 heterocycles. The molecule has 0 aliphatic carbocycles. The highest BCUT2D eigenvalue weighted by molar-refractivity contribution is 9.10. The molecule has 0 atom stereocenters. The number of anilines is 1. The summed E-state index contributed by atoms with van der Waals surface area (Å²) in [5.74, 6) is -0.456. The topological polar surface area (TPSA) is 87.7 Å². The van der Waals surface area contributed by atoms with Gasteiger partial charge in [0.15, 0.2) is 0 Å². The Morgan fingerprint density at radius 2 is 2.31 bits per heavy atom. The van der Waals surface area contributed by atoms with Crippen LogP contribution in [0.4, 0.5) is 5.69 Å². The fourth-order valence-electron chi connectivity index (χ4n) is 1.14. The number of halogens is 1. The lowest BCUT2D eigenvalue weighted by Gasteiger charge is -2.08. The number of aryl methyl sites for hydroxylation is 1. The van der Waals surface area contributed by atoms with E-state index in [0.29, 0.717) is 5.69 Å². The molecule has 4 N–H and O–H groups in total. The smallest absolute Gasteiger partial charge is 0.232 e. The SMILES string of the molecule is Cc1cccc(NC(=O)C/C(N)=N/O)c1Br. The molecule has 1 aromatic rings. The van der Waals surface area contributed by atoms with Gasteiger partial charge in [0, 0.05) is 4.47 Å². The van der Waals surface area contributed by atoms with Gasteiger partial charge in [-0.15, -0.1) is 0 Å². The molecule has 0 aliphatic heterocycles. The summed E-state index contributed by atoms with van der Waals surface area (Å²) in [6, 6.07) is 5.52. The highest BCUT2D eigenvalue weighted by Crippen LogP contribution is 2.25. The number of amidine groups is 1. The van der Waals surface area contributed by atoms with E-state index in [1.807, 2.05) is 19.1 Å². The van der Waals surface area contributed by atoms with Gasteiger partial charge in [-0.05, 0) is 34.5 Å². The zero-order chi connectivity index (χ0) is 12.1. The molecular weight excluding hydrogens is 274 g/mol. The molecule has 1 aromatic carbocycles. The second kappa shape index (κ2) is 5.50. The summed E-state index contributed by atoms with van der Waals surface area (Å²) in [5.41, 5.74) is 6.90. The maximum Gasteiger partial charge on any atom is 0.232 e. The zero-order valence-electron chi connectivity index (χ0n) is 8.70. The van der Waals surface area contributed by atoms with Gasteiger partial charge in [0.25, 0.3) is 0 Å². The van der Waals surface area contributed by atoms with Crippen LogP contribution in [-0.2, 0) is 4.79 Å². The molecule has 5 nitrogen and oxygen atoms in total. The number of rotatable bonds is 3. The van der Waals surface area contributed by atoms with E-state index < -0.39 is 0 Å². The zero-order valence-corrected chi connectivity index (χ0v) is 10.3. The Hall–Kier alpha value is -1.56. The standard InChI is InChI=1S/C10H12BrN3O2/c1-6-3-2-4-7(10(6)11)13-9(15)5-8(12)14-16/h2-4,16H,5H2,1H3,(H2,12,14)(H,13,15). The van der Waals surface area contributed by atoms with Crippen molar-refractivity contribution in [1.82, 2.24) is 0 Å². The third-order valence-electron chi connectivity index (χ3n) is 1.94. The van der Waals surface area contributed by atoms with Crippen molar-refractivity contribution in [1.29, 1.82) is 0 Å². The Morgan fingerprint density at radius 3 is 2.94 bits per heavy atom. The van der Waals surface area contributed by atoms with Gasteiger partial charge in [-0.1, -0.05) is 17.3 Å². The normalized spacial score (nSPS) is 11.2. The Balaban J connectivity index is 2.74. The number of hydrogen-bond donors (Lipinski definition) is 3. The van der Waals surface area contributed by atoms with Crippen molar-refractivity contribution in [3.63, 3.8) is 0 Å². The Kier molecular flexibility index (Phi) is 4.30. The van der Waals surface area contributed by atoms with Gasteiger partial charge in [-0.2, -0.15) is 0 Å². The number of hydrogen-bond acceptors (Lipinski definition) is 3. The van der Waals surface area contributed by atoms with Crippen molar-refractivity contribution < 1.29 is 10.0 Å². The minimum Gasteiger partial charge on any atom is -0.409 e. The third kappa shape index (κ3) is 3.23. The summed E-state index contributed by atoms with van der Waals surface area (Å²) < 4.78 is 0.822. The van der Waals surface area contributed by atoms with Crippen LogP contribution in [0.2, 0.25) is 0 Å². The number of amides is 1. The van der Waals surface area contributed by atoms with Gasteiger partial charge in [0.1, 0.15) is 5.84 Å². The fourth-order valence-corrected chi connectivity index (χ4v) is 1.50. The van der Waals surface area contributed by atoms with Crippen molar-refractivity contribution in [3.05, 3.63) is 28.2 Å². The summed E-state index contributed by atoms with van der Waals surface area (Å²) in [6.45, 7) is 1.92. The predicted molar refractivity (Wildman–Crippen MR) is 65.5 cm³/mol. The number of nitrogens with one attached hydrogen (secondary N) is 1. The average Bonchev–Trinajstić information content (AvgIpc) is 2.24. The molecule has 0 aromatic heterocycles. The van der Waals surface area contributed by atoms with Crippen molar-refractivity contribution in [2.45, 2.75) is 13.3 Å². The van der Waals surface area contributed by atoms with Crippen LogP contribution >= 0.6 is 15.9 Å². The van der Waals surface area contributed by atoms with Crippen molar-refractivity contribution in [2.24, 2.45) is 10.9 Å². The lowest BCUT2D eigenvalue weighted by atomic mass is 10.2. The van der Waals surface area contributed by atoms with Crippen LogP contribution in [0.1, 0.15) is 12.0 Å². The molecule has 0 spiro atoms. The molecule has 0 fully saturated rings. The molecular formula is C10H12BrN3O2. The summed E-state index contributed by atoms with van der Waals surface area (Å²) in [6.07, 6.45) is -0.142. The third-order valence-corrected chi connectivity index (χ3v) is 2.99. The van der Waals surface area contributed by atoms with Crippen LogP contribution < -0.4 is 11.1 Å². The van der Waals surface area contributed by atoms with Crippen LogP contribution in [0.3, 0.4) is 0 Å². The first-order valence-electron chi connectivity index (χ1n) is 4.56. The molecule has 86 valence electrons. The second-order valence-electron chi connectivity index (χ2n) is 3.25. The van der Waals surface area contributed by atoms with Gasteiger partial charge in [-0.25, -0.2) is 0 Å². The minimum atomic E-state index is -0.332. The molecule has 16 heavy (non-hydrogen) atoms. The van der Waals surface area contributed by atoms with Crippen LogP contribution in [0.15, 0.2) is 27.8 Å². The molecule has 0 unspecified atom stereocenters. The first kappa shape index (κ1) is 12.5. The molecule has 0 bridgehead atoms. The largest absolute Gasteiger partial charge is 0.409 e. The Bertz CT molecular complexity index is 432. The number of carbonyl (C=O) groups is 1. The summed E-state index contributed by atoms with van der Waals surface area (Å²) in [7, 11) is 0. The van der Waals surface area contributed by atoms with Crippen LogP contribution in [0, 0.1) is 6.92 Å². The van der Waals surface area contributed by atoms with Crippen molar-refractivity contribution in [2.75, 3.05) is 5.32 Å². The van der Waals surface area contributed by atoms with E-state index in [2.05, 4.69) is 26.4 Å². The van der Waals surface area contributed by atoms with E-state index in [-0.39, 0.29) is 18.2 Å². The Labute approximate surface area is 101 Å². The molecule has 0 aliphatic rings. The van der Waals surface area contributed by atoms with Gasteiger partial charge in [0.2, 0.25) is 5.91 Å². The summed E-state index contributed by atoms with van der Waals surface area (Å²) >= 11 is 3.37. The molecule has 0 radical (unpaired) electrons. The van der Waals surface area contributed by atoms with E-state index in [0.717, 1.165) is 10.0 Å². The number of oxime groups is 1. The van der Waals surface area contributed by atoms with Gasteiger partial charge in [0.05, 0.1) is 12.1 Å². The minimum absolute atomic E-state index is 0.124. The van der Waals surface area contributed by atoms with E-state index in [9.17, 15) is 4.79 Å². The summed E-state index contributed by atoms with van der Waals surface area (Å²) in [5, 5.41) is 13.7. The molecule has 1 rings (SSSR count). The highest BCUT2D eigenvalue weighted by atomic mass is 79.9. The molecule has 1 amide bonds. The van der Waals surface area contributed by atoms with E-state index >= 15 is 0 Å². The average molecular weight is 286 g/mol. The number of nitrogens with zero attached hydrogens (tertiary/aromatic N) is 1. The maximum atomic E-state index is 11.4. The van der Waals surface area contributed by atoms with Crippen molar-refractivity contribution >= 4 is 33.4 Å². The van der Waals surface area contributed by atoms with Crippen LogP contribution in [0.5, 0.6) is 0 Å². The second-order valence-corrected chi connectivity index (χ2v) is 4.05. The van der Waals surface area contributed by atoms with E-state index in [1.54, 1.807) is 6.07 Å². The maximum absolute atomic E-state index is 11.4. The number of benzene rings is 1. The predicted octanol–water partition coefficient (Wildman–Crippen LogP) is 1.83. The summed E-state index contributed by atoms with van der Waals surface area (Å²) in [4.78, 5) is 11.4. The monoisotopic (exact) mass is 285 g/mol. The quantitative estimate of drug-likeness (QED) is 0.343. The first-order chi connectivity index (χ1) is 7.54. The van der Waals surface area contributed by atoms with Crippen LogP contribution in [0.25, 0.3) is 0 Å². The molecule has 6 heteroatoms. The first-order valence-corrected chi connectivity index (χ1v) is 5.35. The van der Waals surface area contributed by atoms with Crippen molar-refractivity contribution in [3.8, 4) is 0 Å². The number of nitrogens with two attached hydrogens (primary N) is 1.